The predicted molar refractivity (Wildman–Crippen MR) is 116 cm³/mol. The number of guanidine groups is 1. The van der Waals surface area contributed by atoms with Crippen molar-refractivity contribution >= 4 is 16.9 Å². The number of benzene rings is 1. The summed E-state index contributed by atoms with van der Waals surface area (Å²) < 4.78 is 13.9. The molecule has 7 nitrogen and oxygen atoms in total. The highest BCUT2D eigenvalue weighted by molar-refractivity contribution is 5.84. The standard InChI is InChI=1S/C22H31N5O2/c1-5-28-19-10-8-9-18-15-20(29-21(18)19)16(2)26-22(23-4)25-11-6-7-13-27-14-12-24-17(27)3/h8-10,12,14-16H,5-7,11,13H2,1-4H3,(H2,23,25,26). The average molecular weight is 398 g/mol. The van der Waals surface area contributed by atoms with Gasteiger partial charge in [-0.1, -0.05) is 12.1 Å². The molecular weight excluding hydrogens is 366 g/mol. The van der Waals surface area contributed by atoms with E-state index in [-0.39, 0.29) is 6.04 Å². The summed E-state index contributed by atoms with van der Waals surface area (Å²) >= 11 is 0. The minimum atomic E-state index is -0.0170. The molecule has 7 heteroatoms. The van der Waals surface area contributed by atoms with Gasteiger partial charge in [-0.05, 0) is 45.7 Å². The predicted octanol–water partition coefficient (Wildman–Crippen LogP) is 4.04. The lowest BCUT2D eigenvalue weighted by Gasteiger charge is -2.16. The highest BCUT2D eigenvalue weighted by Gasteiger charge is 2.15. The fraction of sp³-hybridized carbons (Fsp3) is 0.455. The van der Waals surface area contributed by atoms with Crippen LogP contribution in [-0.2, 0) is 6.54 Å². The van der Waals surface area contributed by atoms with Crippen molar-refractivity contribution in [2.75, 3.05) is 20.2 Å². The Morgan fingerprint density at radius 1 is 1.34 bits per heavy atom. The van der Waals surface area contributed by atoms with Crippen molar-refractivity contribution in [2.45, 2.75) is 46.2 Å². The molecule has 0 bridgehead atoms. The number of ether oxygens (including phenoxy) is 1. The zero-order chi connectivity index (χ0) is 20.6. The number of nitrogens with one attached hydrogen (secondary N) is 2. The first-order chi connectivity index (χ1) is 14.1. The summed E-state index contributed by atoms with van der Waals surface area (Å²) in [6.45, 7) is 8.51. The van der Waals surface area contributed by atoms with E-state index in [0.717, 1.165) is 60.2 Å². The van der Waals surface area contributed by atoms with E-state index in [1.54, 1.807) is 7.05 Å². The summed E-state index contributed by atoms with van der Waals surface area (Å²) in [4.78, 5) is 8.58. The summed E-state index contributed by atoms with van der Waals surface area (Å²) in [5, 5.41) is 7.82. The summed E-state index contributed by atoms with van der Waals surface area (Å²) in [5.74, 6) is 3.45. The van der Waals surface area contributed by atoms with Crippen LogP contribution < -0.4 is 15.4 Å². The van der Waals surface area contributed by atoms with Crippen molar-refractivity contribution in [1.29, 1.82) is 0 Å². The number of aromatic nitrogens is 2. The van der Waals surface area contributed by atoms with Gasteiger partial charge in [-0.25, -0.2) is 4.98 Å². The Kier molecular flexibility index (Phi) is 7.16. The van der Waals surface area contributed by atoms with Crippen LogP contribution in [-0.4, -0.2) is 35.7 Å². The number of unbranched alkanes of at least 4 members (excludes halogenated alkanes) is 1. The number of para-hydroxylation sites is 1. The van der Waals surface area contributed by atoms with E-state index in [0.29, 0.717) is 6.61 Å². The highest BCUT2D eigenvalue weighted by atomic mass is 16.5. The molecule has 1 atom stereocenters. The molecule has 2 heterocycles. The van der Waals surface area contributed by atoms with Gasteiger partial charge in [0.25, 0.3) is 0 Å². The summed E-state index contributed by atoms with van der Waals surface area (Å²) in [5.41, 5.74) is 0.788. The Hall–Kier alpha value is -2.96. The number of fused-ring (bicyclic) bond motifs is 1. The lowest BCUT2D eigenvalue weighted by Crippen LogP contribution is -2.39. The van der Waals surface area contributed by atoms with Gasteiger partial charge < -0.3 is 24.4 Å². The van der Waals surface area contributed by atoms with Crippen molar-refractivity contribution in [2.24, 2.45) is 4.99 Å². The second-order valence-electron chi connectivity index (χ2n) is 7.00. The van der Waals surface area contributed by atoms with Gasteiger partial charge in [0.05, 0.1) is 12.6 Å². The van der Waals surface area contributed by atoms with Crippen LogP contribution in [0.3, 0.4) is 0 Å². The first-order valence-electron chi connectivity index (χ1n) is 10.2. The maximum absolute atomic E-state index is 6.08. The Bertz CT molecular complexity index is 944. The molecule has 156 valence electrons. The highest BCUT2D eigenvalue weighted by Crippen LogP contribution is 2.31. The van der Waals surface area contributed by atoms with Crippen molar-refractivity contribution in [3.05, 3.63) is 48.2 Å². The van der Waals surface area contributed by atoms with Crippen LogP contribution in [0.25, 0.3) is 11.0 Å². The lowest BCUT2D eigenvalue weighted by atomic mass is 10.2. The first kappa shape index (κ1) is 20.8. The SMILES string of the molecule is CCOc1cccc2cc(C(C)NC(=NC)NCCCCn3ccnc3C)oc12. The summed E-state index contributed by atoms with van der Waals surface area (Å²) in [6.07, 6.45) is 6.00. The van der Waals surface area contributed by atoms with E-state index < -0.39 is 0 Å². The number of hydrogen-bond donors (Lipinski definition) is 2. The molecule has 0 aliphatic rings. The number of aryl methyl sites for hydroxylation is 2. The van der Waals surface area contributed by atoms with E-state index in [1.807, 2.05) is 44.4 Å². The Morgan fingerprint density at radius 2 is 2.21 bits per heavy atom. The van der Waals surface area contributed by atoms with Gasteiger partial charge in [-0.15, -0.1) is 0 Å². The third-order valence-corrected chi connectivity index (χ3v) is 4.87. The fourth-order valence-corrected chi connectivity index (χ4v) is 3.26. The van der Waals surface area contributed by atoms with E-state index in [9.17, 15) is 0 Å². The van der Waals surface area contributed by atoms with Gasteiger partial charge in [-0.2, -0.15) is 0 Å². The fourth-order valence-electron chi connectivity index (χ4n) is 3.26. The number of aliphatic imine (C=N–C) groups is 1. The zero-order valence-corrected chi connectivity index (χ0v) is 17.7. The van der Waals surface area contributed by atoms with Crippen LogP contribution in [0.2, 0.25) is 0 Å². The van der Waals surface area contributed by atoms with Crippen LogP contribution in [0, 0.1) is 6.92 Å². The van der Waals surface area contributed by atoms with Crippen molar-refractivity contribution in [3.63, 3.8) is 0 Å². The largest absolute Gasteiger partial charge is 0.490 e. The van der Waals surface area contributed by atoms with E-state index in [1.165, 1.54) is 0 Å². The third-order valence-electron chi connectivity index (χ3n) is 4.87. The maximum Gasteiger partial charge on any atom is 0.191 e. The molecule has 0 fully saturated rings. The average Bonchev–Trinajstić information content (AvgIpc) is 3.34. The van der Waals surface area contributed by atoms with Gasteiger partial charge in [0.2, 0.25) is 0 Å². The minimum Gasteiger partial charge on any atom is -0.490 e. The van der Waals surface area contributed by atoms with E-state index in [4.69, 9.17) is 9.15 Å². The van der Waals surface area contributed by atoms with Gasteiger partial charge in [0, 0.05) is 37.9 Å². The van der Waals surface area contributed by atoms with E-state index >= 15 is 0 Å². The monoisotopic (exact) mass is 397 g/mol. The normalized spacial score (nSPS) is 12.9. The molecule has 0 saturated carbocycles. The van der Waals surface area contributed by atoms with Gasteiger partial charge in [-0.3, -0.25) is 4.99 Å². The molecule has 0 amide bonds. The van der Waals surface area contributed by atoms with Crippen LogP contribution >= 0.6 is 0 Å². The summed E-state index contributed by atoms with van der Waals surface area (Å²) in [7, 11) is 1.78. The Labute approximate surface area is 172 Å². The molecular formula is C22H31N5O2. The molecule has 1 unspecified atom stereocenters. The smallest absolute Gasteiger partial charge is 0.191 e. The molecule has 1 aromatic carbocycles. The molecule has 0 saturated heterocycles. The Balaban J connectivity index is 1.50. The van der Waals surface area contributed by atoms with Gasteiger partial charge >= 0.3 is 0 Å². The van der Waals surface area contributed by atoms with E-state index in [2.05, 4.69) is 38.2 Å². The number of furan rings is 1. The maximum atomic E-state index is 6.08. The molecule has 0 aliphatic heterocycles. The van der Waals surface area contributed by atoms with Crippen LogP contribution in [0.4, 0.5) is 0 Å². The zero-order valence-electron chi connectivity index (χ0n) is 17.7. The second-order valence-corrected chi connectivity index (χ2v) is 7.00. The lowest BCUT2D eigenvalue weighted by molar-refractivity contribution is 0.336. The molecule has 0 radical (unpaired) electrons. The molecule has 0 aliphatic carbocycles. The van der Waals surface area contributed by atoms with Crippen molar-refractivity contribution in [1.82, 2.24) is 20.2 Å². The van der Waals surface area contributed by atoms with Crippen LogP contribution in [0.5, 0.6) is 5.75 Å². The quantitative estimate of drug-likeness (QED) is 0.324. The minimum absolute atomic E-state index is 0.0170. The van der Waals surface area contributed by atoms with Crippen LogP contribution in [0.15, 0.2) is 46.1 Å². The second kappa shape index (κ2) is 10.0. The molecule has 0 spiro atoms. The third kappa shape index (κ3) is 5.31. The van der Waals surface area contributed by atoms with Gasteiger partial charge in [0.1, 0.15) is 11.6 Å². The molecule has 2 aromatic heterocycles. The topological polar surface area (TPSA) is 76.6 Å². The number of hydrogen-bond acceptors (Lipinski definition) is 4. The molecule has 3 rings (SSSR count). The summed E-state index contributed by atoms with van der Waals surface area (Å²) in [6, 6.07) is 7.99. The van der Waals surface area contributed by atoms with Crippen LogP contribution in [0.1, 0.15) is 44.3 Å². The number of nitrogens with zero attached hydrogens (tertiary/aromatic N) is 3. The van der Waals surface area contributed by atoms with Crippen molar-refractivity contribution in [3.8, 4) is 5.75 Å². The molecule has 3 aromatic rings. The van der Waals surface area contributed by atoms with Gasteiger partial charge in [0.15, 0.2) is 17.3 Å². The molecule has 29 heavy (non-hydrogen) atoms. The number of imidazole rings is 1. The Morgan fingerprint density at radius 3 is 2.93 bits per heavy atom. The van der Waals surface area contributed by atoms with Crippen molar-refractivity contribution < 1.29 is 9.15 Å². The molecule has 2 N–H and O–H groups in total. The number of rotatable bonds is 9. The first-order valence-corrected chi connectivity index (χ1v) is 10.2.